The summed E-state index contributed by atoms with van der Waals surface area (Å²) in [6, 6.07) is 14.7. The maximum Gasteiger partial charge on any atom is 0.313 e. The standard InChI is InChI=1S/C32H33ClN2O6/c1-2-31-15-8-9-18-40-30(39)26(31)25-28(37)35(22(20-36)19-21-11-4-3-5-12-21)27-29(38)34(17-10-16-32(25,27)41-31)24-14-7-6-13-23(24)33/h3-8,10-16,22,25-27,36H,2,9,17-20H2,1H3/t22-,25+,26-,27?,31+,32+/m1/s1. The monoisotopic (exact) mass is 576 g/mol. The number of para-hydroxylation sites is 1. The second-order valence-corrected chi connectivity index (χ2v) is 11.5. The van der Waals surface area contributed by atoms with Gasteiger partial charge in [0.2, 0.25) is 5.91 Å². The highest BCUT2D eigenvalue weighted by molar-refractivity contribution is 6.34. The van der Waals surface area contributed by atoms with E-state index < -0.39 is 47.0 Å². The number of carbonyl (C=O) groups excluding carboxylic acids is 3. The molecule has 4 aliphatic rings. The smallest absolute Gasteiger partial charge is 0.313 e. The van der Waals surface area contributed by atoms with Gasteiger partial charge in [-0.1, -0.05) is 85.3 Å². The van der Waals surface area contributed by atoms with Crippen molar-refractivity contribution in [3.05, 3.63) is 89.5 Å². The van der Waals surface area contributed by atoms with Crippen LogP contribution in [-0.4, -0.2) is 70.8 Å². The highest BCUT2D eigenvalue weighted by atomic mass is 35.5. The molecular weight excluding hydrogens is 544 g/mol. The molecule has 214 valence electrons. The van der Waals surface area contributed by atoms with E-state index in [1.165, 1.54) is 4.90 Å². The maximum atomic E-state index is 14.7. The molecule has 8 nitrogen and oxygen atoms in total. The summed E-state index contributed by atoms with van der Waals surface area (Å²) in [7, 11) is 0. The van der Waals surface area contributed by atoms with Gasteiger partial charge in [-0.05, 0) is 37.0 Å². The summed E-state index contributed by atoms with van der Waals surface area (Å²) >= 11 is 6.55. The van der Waals surface area contributed by atoms with Crippen LogP contribution in [0.1, 0.15) is 25.3 Å². The van der Waals surface area contributed by atoms with E-state index in [1.807, 2.05) is 55.5 Å². The van der Waals surface area contributed by atoms with E-state index in [0.717, 1.165) is 5.56 Å². The minimum Gasteiger partial charge on any atom is -0.465 e. The molecule has 2 aromatic carbocycles. The molecule has 4 heterocycles. The topological polar surface area (TPSA) is 96.4 Å². The first-order valence-corrected chi connectivity index (χ1v) is 14.5. The molecule has 41 heavy (non-hydrogen) atoms. The van der Waals surface area contributed by atoms with Crippen molar-refractivity contribution >= 4 is 35.1 Å². The molecule has 1 N–H and O–H groups in total. The second-order valence-electron chi connectivity index (χ2n) is 11.1. The van der Waals surface area contributed by atoms with Gasteiger partial charge in [0, 0.05) is 6.54 Å². The number of cyclic esters (lactones) is 1. The van der Waals surface area contributed by atoms with E-state index >= 15 is 0 Å². The molecule has 0 aromatic heterocycles. The average molecular weight is 577 g/mol. The number of anilines is 1. The van der Waals surface area contributed by atoms with Crippen LogP contribution in [0, 0.1) is 11.8 Å². The molecule has 0 saturated carbocycles. The third kappa shape index (κ3) is 4.31. The van der Waals surface area contributed by atoms with Gasteiger partial charge < -0.3 is 24.4 Å². The van der Waals surface area contributed by atoms with Crippen molar-refractivity contribution in [3.63, 3.8) is 0 Å². The quantitative estimate of drug-likeness (QED) is 0.416. The number of benzene rings is 2. The van der Waals surface area contributed by atoms with Crippen molar-refractivity contribution in [2.75, 3.05) is 24.7 Å². The molecule has 4 aliphatic heterocycles. The number of aliphatic hydroxyl groups is 1. The van der Waals surface area contributed by atoms with Crippen LogP contribution in [0.4, 0.5) is 5.69 Å². The molecule has 0 aliphatic carbocycles. The molecule has 1 unspecified atom stereocenters. The summed E-state index contributed by atoms with van der Waals surface area (Å²) in [5, 5.41) is 11.1. The number of nitrogens with zero attached hydrogens (tertiary/aromatic N) is 2. The summed E-state index contributed by atoms with van der Waals surface area (Å²) in [6.45, 7) is 1.93. The van der Waals surface area contributed by atoms with Crippen molar-refractivity contribution in [2.45, 2.75) is 49.5 Å². The lowest BCUT2D eigenvalue weighted by atomic mass is 9.73. The molecule has 2 aromatic rings. The molecule has 1 spiro atoms. The zero-order valence-electron chi connectivity index (χ0n) is 22.8. The third-order valence-electron chi connectivity index (χ3n) is 8.90. The Bertz CT molecular complexity index is 1410. The minimum atomic E-state index is -1.46. The van der Waals surface area contributed by atoms with E-state index in [4.69, 9.17) is 21.1 Å². The van der Waals surface area contributed by atoms with Crippen molar-refractivity contribution in [1.82, 2.24) is 4.90 Å². The molecule has 6 rings (SSSR count). The summed E-state index contributed by atoms with van der Waals surface area (Å²) in [5.41, 5.74) is -1.17. The molecule has 0 radical (unpaired) electrons. The lowest BCUT2D eigenvalue weighted by molar-refractivity contribution is -0.161. The number of esters is 1. The fraction of sp³-hybridized carbons (Fsp3) is 0.406. The van der Waals surface area contributed by atoms with Crippen LogP contribution in [-0.2, 0) is 30.3 Å². The van der Waals surface area contributed by atoms with Crippen molar-refractivity contribution in [1.29, 1.82) is 0 Å². The number of halogens is 1. The molecule has 6 atom stereocenters. The van der Waals surface area contributed by atoms with Gasteiger partial charge in [0.05, 0.1) is 35.9 Å². The van der Waals surface area contributed by atoms with Gasteiger partial charge in [-0.25, -0.2) is 0 Å². The van der Waals surface area contributed by atoms with Gasteiger partial charge in [-0.2, -0.15) is 0 Å². The predicted molar refractivity (Wildman–Crippen MR) is 153 cm³/mol. The summed E-state index contributed by atoms with van der Waals surface area (Å²) in [5.74, 6) is -3.27. The molecule has 2 fully saturated rings. The number of fused-ring (bicyclic) bond motifs is 2. The number of hydrogen-bond donors (Lipinski definition) is 1. The van der Waals surface area contributed by atoms with E-state index in [1.54, 1.807) is 35.2 Å². The Morgan fingerprint density at radius 2 is 1.76 bits per heavy atom. The van der Waals surface area contributed by atoms with Crippen LogP contribution in [0.5, 0.6) is 0 Å². The molecule has 2 amide bonds. The first-order valence-electron chi connectivity index (χ1n) is 14.1. The minimum absolute atomic E-state index is 0.200. The average Bonchev–Trinajstić information content (AvgIpc) is 3.33. The van der Waals surface area contributed by atoms with E-state index in [9.17, 15) is 19.5 Å². The van der Waals surface area contributed by atoms with Crippen LogP contribution in [0.2, 0.25) is 5.02 Å². The Morgan fingerprint density at radius 3 is 2.49 bits per heavy atom. The normalized spacial score (nSPS) is 31.6. The van der Waals surface area contributed by atoms with Gasteiger partial charge >= 0.3 is 5.97 Å². The van der Waals surface area contributed by atoms with Gasteiger partial charge in [-0.15, -0.1) is 0 Å². The molecule has 9 heteroatoms. The van der Waals surface area contributed by atoms with Crippen LogP contribution in [0.15, 0.2) is 78.9 Å². The number of aliphatic hydroxyl groups excluding tert-OH is 1. The SMILES string of the molecule is CC[C@]12C=CCCOC(=O)[C@H]1[C@H]1C(=O)N([C@@H](CO)Cc3ccccc3)C3C(=O)N(c4ccccc4Cl)CC=C[C@@]31O2. The first kappa shape index (κ1) is 27.7. The van der Waals surface area contributed by atoms with Crippen molar-refractivity contribution < 1.29 is 29.0 Å². The summed E-state index contributed by atoms with van der Waals surface area (Å²) in [4.78, 5) is 46.0. The van der Waals surface area contributed by atoms with Crippen LogP contribution in [0.3, 0.4) is 0 Å². The zero-order valence-corrected chi connectivity index (χ0v) is 23.6. The Kier molecular flexibility index (Phi) is 7.26. The summed E-state index contributed by atoms with van der Waals surface area (Å²) < 4.78 is 12.5. The van der Waals surface area contributed by atoms with E-state index in [-0.39, 0.29) is 25.7 Å². The predicted octanol–water partition coefficient (Wildman–Crippen LogP) is 3.71. The Morgan fingerprint density at radius 1 is 1.00 bits per heavy atom. The lowest BCUT2D eigenvalue weighted by Crippen LogP contribution is -2.59. The second kappa shape index (κ2) is 10.7. The first-order chi connectivity index (χ1) is 19.9. The van der Waals surface area contributed by atoms with E-state index in [0.29, 0.717) is 30.0 Å². The third-order valence-corrected chi connectivity index (χ3v) is 9.22. The largest absolute Gasteiger partial charge is 0.465 e. The van der Waals surface area contributed by atoms with Gasteiger partial charge in [-0.3, -0.25) is 14.4 Å². The van der Waals surface area contributed by atoms with Crippen LogP contribution >= 0.6 is 11.6 Å². The number of amides is 2. The van der Waals surface area contributed by atoms with Gasteiger partial charge in [0.1, 0.15) is 23.2 Å². The maximum absolute atomic E-state index is 14.7. The van der Waals surface area contributed by atoms with Gasteiger partial charge in [0.25, 0.3) is 5.91 Å². The van der Waals surface area contributed by atoms with Crippen LogP contribution in [0.25, 0.3) is 0 Å². The fourth-order valence-corrected chi connectivity index (χ4v) is 7.32. The Hall–Kier alpha value is -3.46. The van der Waals surface area contributed by atoms with Gasteiger partial charge in [0.15, 0.2) is 0 Å². The molecule has 2 saturated heterocycles. The van der Waals surface area contributed by atoms with Crippen molar-refractivity contribution in [2.24, 2.45) is 11.8 Å². The summed E-state index contributed by atoms with van der Waals surface area (Å²) in [6.07, 6.45) is 8.65. The number of carbonyl (C=O) groups is 3. The van der Waals surface area contributed by atoms with E-state index in [2.05, 4.69) is 0 Å². The highest BCUT2D eigenvalue weighted by Crippen LogP contribution is 2.59. The fourth-order valence-electron chi connectivity index (χ4n) is 7.08. The lowest BCUT2D eigenvalue weighted by Gasteiger charge is -2.41. The zero-order chi connectivity index (χ0) is 28.8. The number of ether oxygens (including phenoxy) is 2. The molecule has 0 bridgehead atoms. The number of rotatable bonds is 6. The number of hydrogen-bond acceptors (Lipinski definition) is 6. The van der Waals surface area contributed by atoms with Crippen LogP contribution < -0.4 is 4.90 Å². The number of likely N-dealkylation sites (tertiary alicyclic amines) is 1. The Labute approximate surface area is 244 Å². The molecular formula is C32H33ClN2O6. The Balaban J connectivity index is 1.53. The van der Waals surface area contributed by atoms with Crippen molar-refractivity contribution in [3.8, 4) is 0 Å². The highest BCUT2D eigenvalue weighted by Gasteiger charge is 2.76.